The summed E-state index contributed by atoms with van der Waals surface area (Å²) in [6.07, 6.45) is 0.907. The molecule has 1 amide bonds. The van der Waals surface area contributed by atoms with Crippen LogP contribution in [0.1, 0.15) is 12.5 Å². The molecule has 2 aromatic rings. The first-order chi connectivity index (χ1) is 12.5. The number of ether oxygens (including phenoxy) is 2. The van der Waals surface area contributed by atoms with Gasteiger partial charge in [-0.15, -0.1) is 24.0 Å². The first-order valence-corrected chi connectivity index (χ1v) is 8.23. The topological polar surface area (TPSA) is 98.0 Å². The molecule has 0 aliphatic heterocycles. The van der Waals surface area contributed by atoms with E-state index in [1.807, 2.05) is 24.3 Å². The number of guanidine groups is 1. The van der Waals surface area contributed by atoms with E-state index < -0.39 is 0 Å². The number of aryl methyl sites for hydroxylation is 1. The van der Waals surface area contributed by atoms with Crippen LogP contribution in [0, 0.1) is 0 Å². The van der Waals surface area contributed by atoms with Crippen molar-refractivity contribution in [2.75, 3.05) is 31.4 Å². The van der Waals surface area contributed by atoms with Crippen LogP contribution in [0.5, 0.6) is 11.5 Å². The Kier molecular flexibility index (Phi) is 9.41. The molecule has 0 radical (unpaired) electrons. The van der Waals surface area contributed by atoms with Gasteiger partial charge in [-0.1, -0.05) is 19.1 Å². The van der Waals surface area contributed by atoms with Gasteiger partial charge in [0.1, 0.15) is 6.54 Å². The highest BCUT2D eigenvalue weighted by molar-refractivity contribution is 14.0. The lowest BCUT2D eigenvalue weighted by Gasteiger charge is -2.11. The van der Waals surface area contributed by atoms with Crippen LogP contribution in [-0.2, 0) is 11.2 Å². The second-order valence-electron chi connectivity index (χ2n) is 5.50. The predicted octanol–water partition coefficient (Wildman–Crippen LogP) is 3.25. The highest BCUT2D eigenvalue weighted by Gasteiger charge is 2.06. The maximum atomic E-state index is 12.0. The molecule has 7 nitrogen and oxygen atoms in total. The first kappa shape index (κ1) is 22.6. The van der Waals surface area contributed by atoms with Crippen LogP contribution in [0.3, 0.4) is 0 Å². The Labute approximate surface area is 176 Å². The first-order valence-electron chi connectivity index (χ1n) is 8.23. The number of amides is 1. The van der Waals surface area contributed by atoms with E-state index in [0.29, 0.717) is 17.2 Å². The molecule has 0 fully saturated rings. The lowest BCUT2D eigenvalue weighted by atomic mass is 10.1. The number of nitrogens with zero attached hydrogens (tertiary/aromatic N) is 1. The third-order valence-electron chi connectivity index (χ3n) is 3.67. The van der Waals surface area contributed by atoms with Gasteiger partial charge in [0.25, 0.3) is 0 Å². The fraction of sp³-hybridized carbons (Fsp3) is 0.263. The fourth-order valence-electron chi connectivity index (χ4n) is 2.33. The lowest BCUT2D eigenvalue weighted by Crippen LogP contribution is -2.25. The molecule has 0 aliphatic carbocycles. The molecular weight excluding hydrogens is 459 g/mol. The van der Waals surface area contributed by atoms with Crippen molar-refractivity contribution >= 4 is 47.2 Å². The van der Waals surface area contributed by atoms with Gasteiger partial charge in [-0.05, 0) is 36.2 Å². The van der Waals surface area contributed by atoms with Crippen molar-refractivity contribution in [3.8, 4) is 11.5 Å². The minimum Gasteiger partial charge on any atom is -0.493 e. The SMILES string of the molecule is CCc1cccc(NC(=O)CN=C(N)Nc2ccc(OC)c(OC)c2)c1.I. The molecular formula is C19H25IN4O3. The second kappa shape index (κ2) is 11.3. The minimum atomic E-state index is -0.240. The summed E-state index contributed by atoms with van der Waals surface area (Å²) in [6.45, 7) is 1.98. The molecule has 2 aromatic carbocycles. The summed E-state index contributed by atoms with van der Waals surface area (Å²) in [5, 5.41) is 5.72. The number of carbonyl (C=O) groups excluding carboxylic acids is 1. The van der Waals surface area contributed by atoms with Crippen molar-refractivity contribution in [3.63, 3.8) is 0 Å². The van der Waals surface area contributed by atoms with Gasteiger partial charge in [-0.3, -0.25) is 4.79 Å². The van der Waals surface area contributed by atoms with E-state index in [2.05, 4.69) is 22.5 Å². The van der Waals surface area contributed by atoms with Crippen LogP contribution in [0.15, 0.2) is 47.5 Å². The van der Waals surface area contributed by atoms with Crippen molar-refractivity contribution < 1.29 is 14.3 Å². The molecule has 8 heteroatoms. The van der Waals surface area contributed by atoms with Gasteiger partial charge in [0.2, 0.25) is 5.91 Å². The van der Waals surface area contributed by atoms with E-state index in [0.717, 1.165) is 17.7 Å². The summed E-state index contributed by atoms with van der Waals surface area (Å²) in [5.74, 6) is 1.08. The molecule has 0 bridgehead atoms. The van der Waals surface area contributed by atoms with Crippen LogP contribution >= 0.6 is 24.0 Å². The van der Waals surface area contributed by atoms with Gasteiger partial charge in [0, 0.05) is 17.4 Å². The number of anilines is 2. The number of carbonyl (C=O) groups is 1. The number of nitrogens with one attached hydrogen (secondary N) is 2. The maximum absolute atomic E-state index is 12.0. The van der Waals surface area contributed by atoms with Crippen LogP contribution in [0.25, 0.3) is 0 Å². The Morgan fingerprint density at radius 1 is 1.04 bits per heavy atom. The molecule has 146 valence electrons. The number of hydrogen-bond donors (Lipinski definition) is 3. The molecule has 0 spiro atoms. The van der Waals surface area contributed by atoms with Crippen molar-refractivity contribution in [1.82, 2.24) is 0 Å². The van der Waals surface area contributed by atoms with Gasteiger partial charge in [0.15, 0.2) is 17.5 Å². The highest BCUT2D eigenvalue weighted by Crippen LogP contribution is 2.29. The molecule has 0 aliphatic rings. The van der Waals surface area contributed by atoms with Crippen molar-refractivity contribution in [3.05, 3.63) is 48.0 Å². The number of halogens is 1. The number of hydrogen-bond acceptors (Lipinski definition) is 4. The predicted molar refractivity (Wildman–Crippen MR) is 120 cm³/mol. The fourth-order valence-corrected chi connectivity index (χ4v) is 2.33. The molecule has 0 atom stereocenters. The molecule has 2 rings (SSSR count). The minimum absolute atomic E-state index is 0. The Balaban J connectivity index is 0.00000364. The number of rotatable bonds is 7. The smallest absolute Gasteiger partial charge is 0.246 e. The van der Waals surface area contributed by atoms with Crippen LogP contribution in [-0.4, -0.2) is 32.6 Å². The van der Waals surface area contributed by atoms with Crippen molar-refractivity contribution in [1.29, 1.82) is 0 Å². The molecule has 0 saturated carbocycles. The largest absolute Gasteiger partial charge is 0.493 e. The standard InChI is InChI=1S/C19H24N4O3.HI/c1-4-13-6-5-7-14(10-13)22-18(24)12-21-19(20)23-15-8-9-16(25-2)17(11-15)26-3;/h5-11H,4,12H2,1-3H3,(H,22,24)(H3,20,21,23);1H. The third kappa shape index (κ3) is 6.97. The number of aliphatic imine (C=N–C) groups is 1. The van der Waals surface area contributed by atoms with E-state index in [4.69, 9.17) is 15.2 Å². The summed E-state index contributed by atoms with van der Waals surface area (Å²) in [7, 11) is 3.12. The van der Waals surface area contributed by atoms with E-state index >= 15 is 0 Å². The van der Waals surface area contributed by atoms with Crippen molar-refractivity contribution in [2.45, 2.75) is 13.3 Å². The Morgan fingerprint density at radius 2 is 1.74 bits per heavy atom. The van der Waals surface area contributed by atoms with Crippen molar-refractivity contribution in [2.24, 2.45) is 10.7 Å². The summed E-state index contributed by atoms with van der Waals surface area (Å²) in [5.41, 5.74) is 8.42. The Hall–Kier alpha value is -2.49. The number of methoxy groups -OCH3 is 2. The molecule has 0 heterocycles. The molecule has 0 aromatic heterocycles. The zero-order chi connectivity index (χ0) is 18.9. The van der Waals surface area contributed by atoms with Gasteiger partial charge in [-0.2, -0.15) is 0 Å². The zero-order valence-electron chi connectivity index (χ0n) is 15.6. The van der Waals surface area contributed by atoms with Gasteiger partial charge >= 0.3 is 0 Å². The molecule has 4 N–H and O–H groups in total. The summed E-state index contributed by atoms with van der Waals surface area (Å²) >= 11 is 0. The summed E-state index contributed by atoms with van der Waals surface area (Å²) in [6, 6.07) is 13.0. The highest BCUT2D eigenvalue weighted by atomic mass is 127. The van der Waals surface area contributed by atoms with Gasteiger partial charge in [0.05, 0.1) is 14.2 Å². The lowest BCUT2D eigenvalue weighted by molar-refractivity contribution is -0.114. The molecule has 0 unspecified atom stereocenters. The number of nitrogens with two attached hydrogens (primary N) is 1. The van der Waals surface area contributed by atoms with E-state index in [9.17, 15) is 4.79 Å². The van der Waals surface area contributed by atoms with Crippen LogP contribution in [0.4, 0.5) is 11.4 Å². The molecule has 27 heavy (non-hydrogen) atoms. The van der Waals surface area contributed by atoms with Crippen LogP contribution < -0.4 is 25.8 Å². The Bertz CT molecular complexity index is 796. The average molecular weight is 484 g/mol. The normalized spacial score (nSPS) is 10.6. The van der Waals surface area contributed by atoms with Gasteiger partial charge in [-0.25, -0.2) is 4.99 Å². The maximum Gasteiger partial charge on any atom is 0.246 e. The van der Waals surface area contributed by atoms with Gasteiger partial charge < -0.3 is 25.8 Å². The summed E-state index contributed by atoms with van der Waals surface area (Å²) in [4.78, 5) is 16.1. The second-order valence-corrected chi connectivity index (χ2v) is 5.50. The number of benzene rings is 2. The quantitative estimate of drug-likeness (QED) is 0.319. The van der Waals surface area contributed by atoms with E-state index in [-0.39, 0.29) is 42.4 Å². The zero-order valence-corrected chi connectivity index (χ0v) is 17.9. The average Bonchev–Trinajstić information content (AvgIpc) is 2.66. The monoisotopic (exact) mass is 484 g/mol. The van der Waals surface area contributed by atoms with Crippen LogP contribution in [0.2, 0.25) is 0 Å². The molecule has 0 saturated heterocycles. The Morgan fingerprint density at radius 3 is 2.41 bits per heavy atom. The van der Waals surface area contributed by atoms with E-state index in [1.165, 1.54) is 0 Å². The third-order valence-corrected chi connectivity index (χ3v) is 3.67. The van der Waals surface area contributed by atoms with E-state index in [1.54, 1.807) is 32.4 Å². The summed E-state index contributed by atoms with van der Waals surface area (Å²) < 4.78 is 10.4.